The Morgan fingerprint density at radius 2 is 1.92 bits per heavy atom. The molecule has 0 radical (unpaired) electrons. The number of hydrogen-bond acceptors (Lipinski definition) is 6. The summed E-state index contributed by atoms with van der Waals surface area (Å²) < 4.78 is 5.41. The molecular weight excluding hydrogens is 350 g/mol. The van der Waals surface area contributed by atoms with Gasteiger partial charge in [-0.25, -0.2) is 9.97 Å². The van der Waals surface area contributed by atoms with Crippen LogP contribution in [0, 0.1) is 13.8 Å². The van der Waals surface area contributed by atoms with Crippen molar-refractivity contribution in [3.8, 4) is 5.75 Å². The Kier molecular flexibility index (Phi) is 5.53. The Labute approximate surface area is 157 Å². The van der Waals surface area contributed by atoms with Crippen molar-refractivity contribution in [2.24, 2.45) is 0 Å². The van der Waals surface area contributed by atoms with Crippen LogP contribution in [-0.4, -0.2) is 22.1 Å². The summed E-state index contributed by atoms with van der Waals surface area (Å²) in [6, 6.07) is 9.49. The fourth-order valence-corrected chi connectivity index (χ4v) is 2.64. The van der Waals surface area contributed by atoms with Crippen molar-refractivity contribution >= 4 is 28.9 Å². The highest BCUT2D eigenvalue weighted by molar-refractivity contribution is 6.31. The number of rotatable bonds is 6. The topological polar surface area (TPSA) is 72.0 Å². The van der Waals surface area contributed by atoms with Gasteiger partial charge in [0.1, 0.15) is 23.2 Å². The second kappa shape index (κ2) is 8.01. The number of nitrogens with zero attached hydrogens (tertiary/aromatic N) is 3. The maximum atomic E-state index is 6.17. The minimum absolute atomic E-state index is 0.632. The molecule has 0 saturated carbocycles. The third kappa shape index (κ3) is 4.40. The van der Waals surface area contributed by atoms with Crippen molar-refractivity contribution in [2.75, 3.05) is 17.7 Å². The quantitative estimate of drug-likeness (QED) is 0.666. The fraction of sp³-hybridized carbons (Fsp3) is 0.211. The molecule has 134 valence electrons. The van der Waals surface area contributed by atoms with Crippen LogP contribution in [0.1, 0.15) is 17.0 Å². The van der Waals surface area contributed by atoms with Gasteiger partial charge in [0.05, 0.1) is 12.8 Å². The highest BCUT2D eigenvalue weighted by Gasteiger charge is 2.09. The Balaban J connectivity index is 1.81. The van der Waals surface area contributed by atoms with Crippen molar-refractivity contribution in [3.63, 3.8) is 0 Å². The zero-order valence-corrected chi connectivity index (χ0v) is 15.6. The van der Waals surface area contributed by atoms with Gasteiger partial charge in [0.2, 0.25) is 0 Å². The second-order valence-electron chi connectivity index (χ2n) is 5.83. The first kappa shape index (κ1) is 17.9. The van der Waals surface area contributed by atoms with Crippen LogP contribution in [0.5, 0.6) is 5.75 Å². The normalized spacial score (nSPS) is 10.5. The van der Waals surface area contributed by atoms with Gasteiger partial charge in [0, 0.05) is 36.1 Å². The molecule has 6 nitrogen and oxygen atoms in total. The van der Waals surface area contributed by atoms with E-state index in [0.29, 0.717) is 29.0 Å². The molecule has 2 heterocycles. The summed E-state index contributed by atoms with van der Waals surface area (Å²) >= 11 is 6.17. The van der Waals surface area contributed by atoms with E-state index in [1.54, 1.807) is 19.4 Å². The number of pyridine rings is 1. The zero-order chi connectivity index (χ0) is 18.5. The molecule has 0 aliphatic rings. The molecule has 3 rings (SSSR count). The summed E-state index contributed by atoms with van der Waals surface area (Å²) in [4.78, 5) is 13.0. The van der Waals surface area contributed by atoms with Gasteiger partial charge in [-0.15, -0.1) is 0 Å². The van der Waals surface area contributed by atoms with Gasteiger partial charge in [-0.1, -0.05) is 17.7 Å². The van der Waals surface area contributed by atoms with Gasteiger partial charge in [-0.05, 0) is 37.1 Å². The maximum Gasteiger partial charge on any atom is 0.143 e. The van der Waals surface area contributed by atoms with Gasteiger partial charge in [-0.2, -0.15) is 0 Å². The lowest BCUT2D eigenvalue weighted by Gasteiger charge is -2.14. The lowest BCUT2D eigenvalue weighted by atomic mass is 10.2. The van der Waals surface area contributed by atoms with Crippen LogP contribution in [0.2, 0.25) is 5.02 Å². The average molecular weight is 370 g/mol. The molecule has 2 aromatic heterocycles. The van der Waals surface area contributed by atoms with E-state index in [-0.39, 0.29) is 0 Å². The van der Waals surface area contributed by atoms with E-state index in [1.165, 1.54) is 0 Å². The predicted octanol–water partition coefficient (Wildman–Crippen LogP) is 4.51. The number of halogens is 1. The number of benzene rings is 1. The monoisotopic (exact) mass is 369 g/mol. The first-order valence-corrected chi connectivity index (χ1v) is 8.52. The van der Waals surface area contributed by atoms with Crippen LogP contribution in [0.25, 0.3) is 0 Å². The molecule has 0 spiro atoms. The van der Waals surface area contributed by atoms with Crippen molar-refractivity contribution in [3.05, 3.63) is 64.7 Å². The maximum absolute atomic E-state index is 6.17. The van der Waals surface area contributed by atoms with Crippen molar-refractivity contribution in [2.45, 2.75) is 20.4 Å². The van der Waals surface area contributed by atoms with E-state index in [9.17, 15) is 0 Å². The van der Waals surface area contributed by atoms with Gasteiger partial charge in [-0.3, -0.25) is 4.98 Å². The largest absolute Gasteiger partial charge is 0.495 e. The Hall–Kier alpha value is -2.86. The Morgan fingerprint density at radius 1 is 1.12 bits per heavy atom. The van der Waals surface area contributed by atoms with Crippen LogP contribution < -0.4 is 15.4 Å². The molecule has 0 amide bonds. The lowest BCUT2D eigenvalue weighted by Crippen LogP contribution is -2.05. The molecule has 1 aromatic carbocycles. The van der Waals surface area contributed by atoms with Gasteiger partial charge in [0.15, 0.2) is 0 Å². The number of hydrogen-bond donors (Lipinski definition) is 2. The number of nitrogens with one attached hydrogen (secondary N) is 2. The molecule has 0 bridgehead atoms. The Bertz CT molecular complexity index is 902. The molecule has 0 atom stereocenters. The number of aromatic nitrogens is 3. The number of aryl methyl sites for hydroxylation is 2. The molecule has 0 saturated heterocycles. The van der Waals surface area contributed by atoms with Crippen molar-refractivity contribution < 1.29 is 4.74 Å². The van der Waals surface area contributed by atoms with Crippen LogP contribution in [-0.2, 0) is 6.54 Å². The lowest BCUT2D eigenvalue weighted by molar-refractivity contribution is 0.416. The average Bonchev–Trinajstić information content (AvgIpc) is 2.63. The molecule has 0 aliphatic carbocycles. The van der Waals surface area contributed by atoms with E-state index in [1.807, 2.05) is 44.3 Å². The minimum Gasteiger partial charge on any atom is -0.495 e. The van der Waals surface area contributed by atoms with E-state index in [4.69, 9.17) is 16.3 Å². The summed E-state index contributed by atoms with van der Waals surface area (Å²) in [5.41, 5.74) is 2.83. The molecule has 0 unspecified atom stereocenters. The summed E-state index contributed by atoms with van der Waals surface area (Å²) in [5.74, 6) is 2.72. The smallest absolute Gasteiger partial charge is 0.143 e. The molecule has 0 fully saturated rings. The van der Waals surface area contributed by atoms with Crippen LogP contribution in [0.15, 0.2) is 42.7 Å². The number of methoxy groups -OCH3 is 1. The van der Waals surface area contributed by atoms with Gasteiger partial charge < -0.3 is 15.4 Å². The second-order valence-corrected chi connectivity index (χ2v) is 6.23. The first-order valence-electron chi connectivity index (χ1n) is 8.15. The van der Waals surface area contributed by atoms with Crippen LogP contribution in [0.3, 0.4) is 0 Å². The first-order chi connectivity index (χ1) is 12.5. The van der Waals surface area contributed by atoms with E-state index >= 15 is 0 Å². The summed E-state index contributed by atoms with van der Waals surface area (Å²) in [6.45, 7) is 4.43. The molecule has 26 heavy (non-hydrogen) atoms. The van der Waals surface area contributed by atoms with Gasteiger partial charge >= 0.3 is 0 Å². The van der Waals surface area contributed by atoms with Crippen LogP contribution in [0.4, 0.5) is 17.3 Å². The highest BCUT2D eigenvalue weighted by atomic mass is 35.5. The summed E-state index contributed by atoms with van der Waals surface area (Å²) in [6.07, 6.45) is 3.57. The highest BCUT2D eigenvalue weighted by Crippen LogP contribution is 2.33. The summed E-state index contributed by atoms with van der Waals surface area (Å²) in [5, 5.41) is 7.23. The van der Waals surface area contributed by atoms with E-state index in [0.717, 1.165) is 22.6 Å². The van der Waals surface area contributed by atoms with E-state index in [2.05, 4.69) is 25.6 Å². The zero-order valence-electron chi connectivity index (χ0n) is 14.9. The number of anilines is 3. The third-order valence-electron chi connectivity index (χ3n) is 3.78. The minimum atomic E-state index is 0.632. The summed E-state index contributed by atoms with van der Waals surface area (Å²) in [7, 11) is 1.61. The molecule has 2 N–H and O–H groups in total. The molecule has 3 aromatic rings. The molecular formula is C19H20ClN5O. The molecule has 0 aliphatic heterocycles. The number of ether oxygens (including phenoxy) is 1. The third-order valence-corrected chi connectivity index (χ3v) is 4.19. The predicted molar refractivity (Wildman–Crippen MR) is 104 cm³/mol. The Morgan fingerprint density at radius 3 is 2.65 bits per heavy atom. The van der Waals surface area contributed by atoms with Crippen molar-refractivity contribution in [1.29, 1.82) is 0 Å². The van der Waals surface area contributed by atoms with Crippen molar-refractivity contribution in [1.82, 2.24) is 15.0 Å². The fourth-order valence-electron chi connectivity index (χ4n) is 2.49. The van der Waals surface area contributed by atoms with Gasteiger partial charge in [0.25, 0.3) is 0 Å². The molecule has 7 heteroatoms. The standard InChI is InChI=1S/C19H20ClN5O/c1-12-7-16(17(26-3)8-15(12)20)25-19-9-18(23-13(2)24-19)22-11-14-5-4-6-21-10-14/h4-10H,11H2,1-3H3,(H2,22,23,24,25). The SMILES string of the molecule is COc1cc(Cl)c(C)cc1Nc1cc(NCc2cccnc2)nc(C)n1. The van der Waals surface area contributed by atoms with E-state index < -0.39 is 0 Å². The van der Waals surface area contributed by atoms with Crippen LogP contribution >= 0.6 is 11.6 Å².